The summed E-state index contributed by atoms with van der Waals surface area (Å²) >= 11 is 0. The van der Waals surface area contributed by atoms with Crippen molar-refractivity contribution in [2.75, 3.05) is 35.4 Å². The molecule has 24 heavy (non-hydrogen) atoms. The number of nitrogens with one attached hydrogen (secondary N) is 4. The number of amides is 2. The SMILES string of the molecule is CCS(=O)(=O)Nc1ccc(NC(=O)NCC2CCNCC2)cc1C. The van der Waals surface area contributed by atoms with Gasteiger partial charge in [-0.2, -0.15) is 0 Å². The number of aryl methyl sites for hydroxylation is 1. The molecule has 0 aromatic heterocycles. The smallest absolute Gasteiger partial charge is 0.319 e. The fraction of sp³-hybridized carbons (Fsp3) is 0.562. The Labute approximate surface area is 143 Å². The van der Waals surface area contributed by atoms with Gasteiger partial charge in [-0.05, 0) is 69.5 Å². The Kier molecular flexibility index (Phi) is 6.44. The number of sulfonamides is 1. The zero-order chi connectivity index (χ0) is 17.6. The van der Waals surface area contributed by atoms with E-state index in [1.807, 2.05) is 0 Å². The van der Waals surface area contributed by atoms with Crippen LogP contribution in [-0.2, 0) is 10.0 Å². The molecule has 1 fully saturated rings. The third-order valence-electron chi connectivity index (χ3n) is 4.14. The van der Waals surface area contributed by atoms with E-state index in [0.29, 0.717) is 23.8 Å². The van der Waals surface area contributed by atoms with Crippen LogP contribution in [0.4, 0.5) is 16.2 Å². The summed E-state index contributed by atoms with van der Waals surface area (Å²) in [7, 11) is -3.31. The van der Waals surface area contributed by atoms with Crippen molar-refractivity contribution in [2.45, 2.75) is 26.7 Å². The van der Waals surface area contributed by atoms with E-state index < -0.39 is 10.0 Å². The van der Waals surface area contributed by atoms with Crippen molar-refractivity contribution in [3.8, 4) is 0 Å². The van der Waals surface area contributed by atoms with Crippen LogP contribution in [0.25, 0.3) is 0 Å². The Morgan fingerprint density at radius 3 is 2.62 bits per heavy atom. The zero-order valence-electron chi connectivity index (χ0n) is 14.2. The van der Waals surface area contributed by atoms with E-state index in [0.717, 1.165) is 31.5 Å². The predicted molar refractivity (Wildman–Crippen MR) is 96.9 cm³/mol. The first-order valence-corrected chi connectivity index (χ1v) is 9.91. The Morgan fingerprint density at radius 1 is 1.29 bits per heavy atom. The number of carbonyl (C=O) groups excluding carboxylic acids is 1. The minimum atomic E-state index is -3.31. The highest BCUT2D eigenvalue weighted by molar-refractivity contribution is 7.92. The van der Waals surface area contributed by atoms with Crippen molar-refractivity contribution in [3.05, 3.63) is 23.8 Å². The van der Waals surface area contributed by atoms with Crippen LogP contribution in [0.15, 0.2) is 18.2 Å². The summed E-state index contributed by atoms with van der Waals surface area (Å²) < 4.78 is 25.8. The van der Waals surface area contributed by atoms with Crippen LogP contribution in [0.2, 0.25) is 0 Å². The van der Waals surface area contributed by atoms with Crippen molar-refractivity contribution in [3.63, 3.8) is 0 Å². The molecule has 1 aromatic rings. The Bertz CT molecular complexity index is 670. The van der Waals surface area contributed by atoms with Crippen LogP contribution < -0.4 is 20.7 Å². The number of hydrogen-bond donors (Lipinski definition) is 4. The third-order valence-corrected chi connectivity index (χ3v) is 5.43. The lowest BCUT2D eigenvalue weighted by atomic mass is 9.98. The van der Waals surface area contributed by atoms with Gasteiger partial charge >= 0.3 is 6.03 Å². The first-order chi connectivity index (χ1) is 11.4. The Hall–Kier alpha value is -1.80. The number of anilines is 2. The first kappa shape index (κ1) is 18.5. The summed E-state index contributed by atoms with van der Waals surface area (Å²) in [4.78, 5) is 12.0. The van der Waals surface area contributed by atoms with Gasteiger partial charge in [0.05, 0.1) is 11.4 Å². The van der Waals surface area contributed by atoms with Crippen molar-refractivity contribution in [2.24, 2.45) is 5.92 Å². The monoisotopic (exact) mass is 354 g/mol. The van der Waals surface area contributed by atoms with Gasteiger partial charge in [-0.1, -0.05) is 0 Å². The Morgan fingerprint density at radius 2 is 2.00 bits per heavy atom. The van der Waals surface area contributed by atoms with E-state index in [-0.39, 0.29) is 11.8 Å². The van der Waals surface area contributed by atoms with Crippen LogP contribution in [0.5, 0.6) is 0 Å². The molecular formula is C16H26N4O3S. The number of hydrogen-bond acceptors (Lipinski definition) is 4. The van der Waals surface area contributed by atoms with E-state index in [1.165, 1.54) is 0 Å². The van der Waals surface area contributed by atoms with Crippen LogP contribution in [0.1, 0.15) is 25.3 Å². The van der Waals surface area contributed by atoms with E-state index in [4.69, 9.17) is 0 Å². The minimum absolute atomic E-state index is 0.0194. The molecule has 1 heterocycles. The second-order valence-corrected chi connectivity index (χ2v) is 8.07. The van der Waals surface area contributed by atoms with E-state index in [1.54, 1.807) is 32.0 Å². The molecule has 1 saturated heterocycles. The Balaban J connectivity index is 1.88. The van der Waals surface area contributed by atoms with Crippen LogP contribution >= 0.6 is 0 Å². The largest absolute Gasteiger partial charge is 0.338 e. The number of piperidine rings is 1. The number of urea groups is 1. The molecule has 0 bridgehead atoms. The molecule has 1 aliphatic rings. The zero-order valence-corrected chi connectivity index (χ0v) is 15.0. The molecule has 0 radical (unpaired) electrons. The molecular weight excluding hydrogens is 328 g/mol. The standard InChI is InChI=1S/C16H26N4O3S/c1-3-24(22,23)20-15-5-4-14(10-12(15)2)19-16(21)18-11-13-6-8-17-9-7-13/h4-5,10,13,17,20H,3,6-9,11H2,1-2H3,(H2,18,19,21). The summed E-state index contributed by atoms with van der Waals surface area (Å²) in [6, 6.07) is 4.85. The summed E-state index contributed by atoms with van der Waals surface area (Å²) in [6.07, 6.45) is 2.15. The van der Waals surface area contributed by atoms with Gasteiger partial charge in [-0.15, -0.1) is 0 Å². The van der Waals surface area contributed by atoms with Crippen molar-refractivity contribution in [1.29, 1.82) is 0 Å². The van der Waals surface area contributed by atoms with E-state index in [9.17, 15) is 13.2 Å². The summed E-state index contributed by atoms with van der Waals surface area (Å²) in [5, 5.41) is 8.97. The van der Waals surface area contributed by atoms with Crippen LogP contribution in [0, 0.1) is 12.8 Å². The van der Waals surface area contributed by atoms with Gasteiger partial charge in [0.15, 0.2) is 0 Å². The van der Waals surface area contributed by atoms with Gasteiger partial charge < -0.3 is 16.0 Å². The van der Waals surface area contributed by atoms with Gasteiger partial charge in [0.25, 0.3) is 0 Å². The highest BCUT2D eigenvalue weighted by Gasteiger charge is 2.14. The summed E-state index contributed by atoms with van der Waals surface area (Å²) in [6.45, 7) is 6.05. The molecule has 134 valence electrons. The quantitative estimate of drug-likeness (QED) is 0.627. The lowest BCUT2D eigenvalue weighted by molar-refractivity contribution is 0.248. The van der Waals surface area contributed by atoms with Gasteiger partial charge in [-0.25, -0.2) is 13.2 Å². The van der Waals surface area contributed by atoms with Gasteiger partial charge in [0, 0.05) is 12.2 Å². The topological polar surface area (TPSA) is 99.3 Å². The molecule has 0 aliphatic carbocycles. The highest BCUT2D eigenvalue weighted by Crippen LogP contribution is 2.21. The van der Waals surface area contributed by atoms with Gasteiger partial charge in [0.1, 0.15) is 0 Å². The number of carbonyl (C=O) groups is 1. The predicted octanol–water partition coefficient (Wildman–Crippen LogP) is 1.88. The van der Waals surface area contributed by atoms with Gasteiger partial charge in [-0.3, -0.25) is 4.72 Å². The fourth-order valence-corrected chi connectivity index (χ4v) is 3.30. The molecule has 0 unspecified atom stereocenters. The average Bonchev–Trinajstić information content (AvgIpc) is 2.56. The molecule has 7 nitrogen and oxygen atoms in total. The lowest BCUT2D eigenvalue weighted by Crippen LogP contribution is -2.37. The van der Waals surface area contributed by atoms with Crippen molar-refractivity contribution >= 4 is 27.4 Å². The second-order valence-electron chi connectivity index (χ2n) is 6.06. The average molecular weight is 354 g/mol. The van der Waals surface area contributed by atoms with Crippen LogP contribution in [-0.4, -0.2) is 39.8 Å². The minimum Gasteiger partial charge on any atom is -0.338 e. The summed E-state index contributed by atoms with van der Waals surface area (Å²) in [5.74, 6) is 0.537. The molecule has 0 atom stereocenters. The van der Waals surface area contributed by atoms with Crippen molar-refractivity contribution < 1.29 is 13.2 Å². The maximum Gasteiger partial charge on any atom is 0.319 e. The number of rotatable bonds is 6. The van der Waals surface area contributed by atoms with Gasteiger partial charge in [0.2, 0.25) is 10.0 Å². The normalized spacial score (nSPS) is 15.8. The maximum absolute atomic E-state index is 12.0. The molecule has 0 saturated carbocycles. The molecule has 0 spiro atoms. The molecule has 1 aliphatic heterocycles. The molecule has 1 aromatic carbocycles. The third kappa shape index (κ3) is 5.68. The maximum atomic E-state index is 12.0. The fourth-order valence-electron chi connectivity index (χ4n) is 2.59. The second kappa shape index (κ2) is 8.34. The van der Waals surface area contributed by atoms with Crippen molar-refractivity contribution in [1.82, 2.24) is 10.6 Å². The van der Waals surface area contributed by atoms with E-state index in [2.05, 4.69) is 20.7 Å². The molecule has 8 heteroatoms. The molecule has 2 amide bonds. The molecule has 2 rings (SSSR count). The first-order valence-electron chi connectivity index (χ1n) is 8.26. The van der Waals surface area contributed by atoms with E-state index >= 15 is 0 Å². The number of benzene rings is 1. The molecule has 4 N–H and O–H groups in total. The lowest BCUT2D eigenvalue weighted by Gasteiger charge is -2.22. The highest BCUT2D eigenvalue weighted by atomic mass is 32.2. The van der Waals surface area contributed by atoms with Crippen LogP contribution in [0.3, 0.4) is 0 Å². The summed E-state index contributed by atoms with van der Waals surface area (Å²) in [5.41, 5.74) is 1.91.